The number of aliphatic hydroxyl groups is 1. The largest absolute Gasteiger partial charge is 0.380 e. The number of hydrogen-bond donors (Lipinski definition) is 3. The summed E-state index contributed by atoms with van der Waals surface area (Å²) in [6.45, 7) is 3.86. The molecular formula is C10H24Cl2N2O2. The molecule has 0 aromatic rings. The number of nitrogens with two attached hydrogens (primary N) is 2. The minimum atomic E-state index is -1.36. The van der Waals surface area contributed by atoms with Crippen LogP contribution in [0.2, 0.25) is 0 Å². The minimum absolute atomic E-state index is 0. The second kappa shape index (κ2) is 10.1. The molecule has 0 aromatic carbocycles. The molecule has 0 aliphatic carbocycles. The second-order valence-corrected chi connectivity index (χ2v) is 4.02. The third-order valence-electron chi connectivity index (χ3n) is 2.42. The van der Waals surface area contributed by atoms with Crippen molar-refractivity contribution in [1.82, 2.24) is 0 Å². The standard InChI is InChI=1S/C10H22N2O2.2ClH/c1-3-4-6-10(14,9(12)13)7-5-8(2)11;;/h8,14H,3-7,11H2,1-2H3,(H2,12,13);2*1H/t8-,10-;;/m0../s1. The molecule has 0 aromatic heterocycles. The van der Waals surface area contributed by atoms with Crippen LogP contribution >= 0.6 is 24.8 Å². The molecule has 5 N–H and O–H groups in total. The molecule has 0 rings (SSSR count). The number of rotatable bonds is 7. The van der Waals surface area contributed by atoms with Crippen LogP contribution in [0.5, 0.6) is 0 Å². The summed E-state index contributed by atoms with van der Waals surface area (Å²) in [5, 5.41) is 9.94. The van der Waals surface area contributed by atoms with Crippen molar-refractivity contribution in [2.45, 2.75) is 57.6 Å². The zero-order chi connectivity index (χ0) is 11.2. The van der Waals surface area contributed by atoms with Crippen molar-refractivity contribution in [3.8, 4) is 0 Å². The first-order chi connectivity index (χ1) is 6.42. The van der Waals surface area contributed by atoms with Crippen molar-refractivity contribution >= 4 is 30.7 Å². The van der Waals surface area contributed by atoms with E-state index in [2.05, 4.69) is 0 Å². The first-order valence-corrected chi connectivity index (χ1v) is 5.20. The van der Waals surface area contributed by atoms with Gasteiger partial charge in [-0.1, -0.05) is 19.8 Å². The highest BCUT2D eigenvalue weighted by Gasteiger charge is 2.32. The molecule has 6 heteroatoms. The number of primary amides is 1. The zero-order valence-electron chi connectivity index (χ0n) is 9.94. The number of carbonyl (C=O) groups is 1. The van der Waals surface area contributed by atoms with Crippen molar-refractivity contribution in [3.05, 3.63) is 0 Å². The van der Waals surface area contributed by atoms with Crippen LogP contribution in [0.3, 0.4) is 0 Å². The molecular weight excluding hydrogens is 251 g/mol. The maximum absolute atomic E-state index is 11.1. The SMILES string of the molecule is CCCC[C@](O)(CC[C@H](C)N)C(N)=O.Cl.Cl. The number of halogens is 2. The Kier molecular flexibility index (Phi) is 13.5. The molecule has 16 heavy (non-hydrogen) atoms. The van der Waals surface area contributed by atoms with Gasteiger partial charge in [-0.25, -0.2) is 0 Å². The molecule has 0 aliphatic heterocycles. The van der Waals surface area contributed by atoms with Crippen molar-refractivity contribution in [2.75, 3.05) is 0 Å². The predicted molar refractivity (Wildman–Crippen MR) is 71.0 cm³/mol. The Morgan fingerprint density at radius 3 is 2.19 bits per heavy atom. The van der Waals surface area contributed by atoms with E-state index in [1.165, 1.54) is 0 Å². The highest BCUT2D eigenvalue weighted by atomic mass is 35.5. The van der Waals surface area contributed by atoms with Crippen LogP contribution in [0.4, 0.5) is 0 Å². The molecule has 0 unspecified atom stereocenters. The Bertz CT molecular complexity index is 192. The van der Waals surface area contributed by atoms with Crippen LogP contribution in [0.25, 0.3) is 0 Å². The van der Waals surface area contributed by atoms with E-state index in [1.807, 2.05) is 13.8 Å². The van der Waals surface area contributed by atoms with Gasteiger partial charge >= 0.3 is 0 Å². The summed E-state index contributed by atoms with van der Waals surface area (Å²) in [5.74, 6) is -0.633. The summed E-state index contributed by atoms with van der Waals surface area (Å²) >= 11 is 0. The van der Waals surface area contributed by atoms with E-state index in [0.717, 1.165) is 12.8 Å². The summed E-state index contributed by atoms with van der Waals surface area (Å²) in [5.41, 5.74) is 9.38. The number of unbranched alkanes of at least 4 members (excludes halogenated alkanes) is 1. The van der Waals surface area contributed by atoms with Gasteiger partial charge in [0.05, 0.1) is 0 Å². The molecule has 1 amide bonds. The smallest absolute Gasteiger partial charge is 0.249 e. The van der Waals surface area contributed by atoms with Crippen molar-refractivity contribution in [2.24, 2.45) is 11.5 Å². The lowest BCUT2D eigenvalue weighted by Gasteiger charge is -2.25. The van der Waals surface area contributed by atoms with Gasteiger partial charge < -0.3 is 16.6 Å². The number of amides is 1. The summed E-state index contributed by atoms with van der Waals surface area (Å²) in [6, 6.07) is -0.0116. The summed E-state index contributed by atoms with van der Waals surface area (Å²) < 4.78 is 0. The van der Waals surface area contributed by atoms with Gasteiger partial charge in [0.25, 0.3) is 0 Å². The Hall–Kier alpha value is -0.0300. The first kappa shape index (κ1) is 21.3. The average Bonchev–Trinajstić information content (AvgIpc) is 2.11. The van der Waals surface area contributed by atoms with Gasteiger partial charge in [-0.15, -0.1) is 24.8 Å². The molecule has 100 valence electrons. The highest BCUT2D eigenvalue weighted by molar-refractivity contribution is 5.85. The minimum Gasteiger partial charge on any atom is -0.380 e. The van der Waals surface area contributed by atoms with Gasteiger partial charge in [0, 0.05) is 6.04 Å². The van der Waals surface area contributed by atoms with E-state index >= 15 is 0 Å². The van der Waals surface area contributed by atoms with Crippen molar-refractivity contribution in [3.63, 3.8) is 0 Å². The molecule has 0 aliphatic rings. The van der Waals surface area contributed by atoms with E-state index in [-0.39, 0.29) is 30.9 Å². The van der Waals surface area contributed by atoms with Crippen LogP contribution in [0.1, 0.15) is 46.0 Å². The van der Waals surface area contributed by atoms with E-state index in [1.54, 1.807) is 0 Å². The van der Waals surface area contributed by atoms with E-state index in [0.29, 0.717) is 19.3 Å². The van der Waals surface area contributed by atoms with Gasteiger partial charge in [-0.3, -0.25) is 4.79 Å². The van der Waals surface area contributed by atoms with Gasteiger partial charge in [0.15, 0.2) is 0 Å². The normalized spacial score (nSPS) is 15.2. The molecule has 0 saturated heterocycles. The number of carbonyl (C=O) groups excluding carboxylic acids is 1. The summed E-state index contributed by atoms with van der Waals surface area (Å²) in [6.07, 6.45) is 3.15. The van der Waals surface area contributed by atoms with E-state index in [9.17, 15) is 9.90 Å². The monoisotopic (exact) mass is 274 g/mol. The van der Waals surface area contributed by atoms with Crippen molar-refractivity contribution < 1.29 is 9.90 Å². The van der Waals surface area contributed by atoms with Gasteiger partial charge in [0.1, 0.15) is 5.60 Å². The molecule has 0 radical (unpaired) electrons. The fraction of sp³-hybridized carbons (Fsp3) is 0.900. The molecule has 0 heterocycles. The average molecular weight is 275 g/mol. The molecule has 0 fully saturated rings. The van der Waals surface area contributed by atoms with Crippen molar-refractivity contribution in [1.29, 1.82) is 0 Å². The van der Waals surface area contributed by atoms with E-state index < -0.39 is 11.5 Å². The maximum Gasteiger partial charge on any atom is 0.249 e. The van der Waals surface area contributed by atoms with Gasteiger partial charge in [0.2, 0.25) is 5.91 Å². The second-order valence-electron chi connectivity index (χ2n) is 4.02. The van der Waals surface area contributed by atoms with Crippen LogP contribution in [-0.4, -0.2) is 22.7 Å². The Labute approximate surface area is 110 Å². The lowest BCUT2D eigenvalue weighted by Crippen LogP contribution is -2.44. The molecule has 0 saturated carbocycles. The quantitative estimate of drug-likeness (QED) is 0.655. The van der Waals surface area contributed by atoms with Crippen LogP contribution in [-0.2, 0) is 4.79 Å². The third kappa shape index (κ3) is 8.16. The zero-order valence-corrected chi connectivity index (χ0v) is 11.6. The van der Waals surface area contributed by atoms with Crippen LogP contribution in [0, 0.1) is 0 Å². The lowest BCUT2D eigenvalue weighted by molar-refractivity contribution is -0.138. The first-order valence-electron chi connectivity index (χ1n) is 5.20. The Morgan fingerprint density at radius 2 is 1.88 bits per heavy atom. The molecule has 2 atom stereocenters. The van der Waals surface area contributed by atoms with Crippen LogP contribution < -0.4 is 11.5 Å². The van der Waals surface area contributed by atoms with Crippen LogP contribution in [0.15, 0.2) is 0 Å². The van der Waals surface area contributed by atoms with E-state index in [4.69, 9.17) is 11.5 Å². The molecule has 0 spiro atoms. The highest BCUT2D eigenvalue weighted by Crippen LogP contribution is 2.20. The Morgan fingerprint density at radius 1 is 1.38 bits per heavy atom. The fourth-order valence-corrected chi connectivity index (χ4v) is 1.31. The molecule has 0 bridgehead atoms. The third-order valence-corrected chi connectivity index (χ3v) is 2.42. The number of hydrogen-bond acceptors (Lipinski definition) is 3. The predicted octanol–water partition coefficient (Wildman–Crippen LogP) is 1.36. The fourth-order valence-electron chi connectivity index (χ4n) is 1.31. The lowest BCUT2D eigenvalue weighted by atomic mass is 9.89. The molecule has 4 nitrogen and oxygen atoms in total. The Balaban J connectivity index is -0.000000845. The maximum atomic E-state index is 11.1. The summed E-state index contributed by atoms with van der Waals surface area (Å²) in [4.78, 5) is 11.1. The topological polar surface area (TPSA) is 89.3 Å². The van der Waals surface area contributed by atoms with Gasteiger partial charge in [-0.05, 0) is 26.2 Å². The van der Waals surface area contributed by atoms with Gasteiger partial charge in [-0.2, -0.15) is 0 Å². The summed E-state index contributed by atoms with van der Waals surface area (Å²) in [7, 11) is 0.